The van der Waals surface area contributed by atoms with Crippen LogP contribution in [0.15, 0.2) is 59.7 Å². The average Bonchev–Trinajstić information content (AvgIpc) is 2.54. The summed E-state index contributed by atoms with van der Waals surface area (Å²) in [5.41, 5.74) is 4.16. The summed E-state index contributed by atoms with van der Waals surface area (Å²) >= 11 is 5.08. The van der Waals surface area contributed by atoms with Crippen molar-refractivity contribution in [2.75, 3.05) is 11.9 Å². The van der Waals surface area contributed by atoms with Crippen LogP contribution in [-0.2, 0) is 0 Å². The minimum Gasteiger partial charge on any atom is -0.484 e. The lowest BCUT2D eigenvalue weighted by molar-refractivity contribution is -0.153. The van der Waals surface area contributed by atoms with E-state index in [9.17, 15) is 13.2 Å². The first-order chi connectivity index (χ1) is 11.4. The Hall–Kier alpha value is -2.61. The van der Waals surface area contributed by atoms with Gasteiger partial charge in [-0.05, 0) is 54.2 Å². The van der Waals surface area contributed by atoms with E-state index in [1.165, 1.54) is 18.3 Å². The summed E-state index contributed by atoms with van der Waals surface area (Å²) in [6, 6.07) is 15.4. The summed E-state index contributed by atoms with van der Waals surface area (Å²) in [6.07, 6.45) is -2.86. The number of ether oxygens (including phenoxy) is 1. The molecule has 0 unspecified atom stereocenters. The van der Waals surface area contributed by atoms with E-state index in [1.807, 2.05) is 30.3 Å². The largest absolute Gasteiger partial charge is 0.484 e. The van der Waals surface area contributed by atoms with Gasteiger partial charge in [0.25, 0.3) is 0 Å². The topological polar surface area (TPSA) is 45.6 Å². The average molecular weight is 353 g/mol. The number of anilines is 1. The predicted molar refractivity (Wildman–Crippen MR) is 91.4 cm³/mol. The first-order valence-electron chi connectivity index (χ1n) is 6.87. The highest BCUT2D eigenvalue weighted by Crippen LogP contribution is 2.18. The van der Waals surface area contributed by atoms with Crippen molar-refractivity contribution in [3.8, 4) is 5.75 Å². The van der Waals surface area contributed by atoms with Gasteiger partial charge in [-0.15, -0.1) is 0 Å². The molecule has 0 fully saturated rings. The van der Waals surface area contributed by atoms with E-state index in [4.69, 9.17) is 12.2 Å². The monoisotopic (exact) mass is 353 g/mol. The molecular weight excluding hydrogens is 339 g/mol. The molecule has 0 aromatic heterocycles. The van der Waals surface area contributed by atoms with Gasteiger partial charge < -0.3 is 10.1 Å². The van der Waals surface area contributed by atoms with Gasteiger partial charge in [0.1, 0.15) is 5.75 Å². The lowest BCUT2D eigenvalue weighted by Gasteiger charge is -2.09. The fourth-order valence-corrected chi connectivity index (χ4v) is 1.83. The second-order valence-corrected chi connectivity index (χ2v) is 5.07. The summed E-state index contributed by atoms with van der Waals surface area (Å²) in [5.74, 6) is 0.138. The fourth-order valence-electron chi connectivity index (χ4n) is 1.66. The highest BCUT2D eigenvalue weighted by atomic mass is 32.1. The van der Waals surface area contributed by atoms with Gasteiger partial charge >= 0.3 is 6.18 Å². The van der Waals surface area contributed by atoms with Gasteiger partial charge in [0, 0.05) is 5.69 Å². The number of hydrazone groups is 1. The molecule has 2 N–H and O–H groups in total. The number of rotatable bonds is 5. The van der Waals surface area contributed by atoms with Crippen molar-refractivity contribution in [1.29, 1.82) is 0 Å². The summed E-state index contributed by atoms with van der Waals surface area (Å²) in [7, 11) is 0. The first-order valence-corrected chi connectivity index (χ1v) is 7.28. The Labute approximate surface area is 142 Å². The molecule has 0 spiro atoms. The van der Waals surface area contributed by atoms with Crippen molar-refractivity contribution in [1.82, 2.24) is 5.43 Å². The summed E-state index contributed by atoms with van der Waals surface area (Å²) in [4.78, 5) is 0. The number of halogens is 3. The Kier molecular flexibility index (Phi) is 6.14. The quantitative estimate of drug-likeness (QED) is 0.485. The number of nitrogens with zero attached hydrogens (tertiary/aromatic N) is 1. The minimum atomic E-state index is -4.36. The highest BCUT2D eigenvalue weighted by molar-refractivity contribution is 7.80. The van der Waals surface area contributed by atoms with Crippen LogP contribution in [0.1, 0.15) is 5.56 Å². The van der Waals surface area contributed by atoms with Crippen molar-refractivity contribution in [3.63, 3.8) is 0 Å². The molecule has 0 bridgehead atoms. The molecule has 0 aliphatic rings. The van der Waals surface area contributed by atoms with E-state index < -0.39 is 12.8 Å². The molecule has 0 radical (unpaired) electrons. The molecule has 2 rings (SSSR count). The molecule has 4 nitrogen and oxygen atoms in total. The molecule has 0 atom stereocenters. The molecular formula is C16H14F3N3OS. The number of hydrogen-bond acceptors (Lipinski definition) is 3. The van der Waals surface area contributed by atoms with Crippen molar-refractivity contribution >= 4 is 29.2 Å². The van der Waals surface area contributed by atoms with Crippen molar-refractivity contribution < 1.29 is 17.9 Å². The van der Waals surface area contributed by atoms with E-state index >= 15 is 0 Å². The normalized spacial score (nSPS) is 11.3. The van der Waals surface area contributed by atoms with Gasteiger partial charge in [0.05, 0.1) is 6.21 Å². The van der Waals surface area contributed by atoms with Gasteiger partial charge in [0.15, 0.2) is 11.7 Å². The van der Waals surface area contributed by atoms with Gasteiger partial charge in [0.2, 0.25) is 0 Å². The summed E-state index contributed by atoms with van der Waals surface area (Å²) in [5, 5.41) is 7.22. The SMILES string of the molecule is FC(F)(F)COc1ccc(/C=N/NC(=S)Nc2ccccc2)cc1. The molecule has 24 heavy (non-hydrogen) atoms. The number of para-hydroxylation sites is 1. The van der Waals surface area contributed by atoms with Crippen LogP contribution in [0.4, 0.5) is 18.9 Å². The van der Waals surface area contributed by atoms with E-state index in [2.05, 4.69) is 20.6 Å². The third-order valence-electron chi connectivity index (χ3n) is 2.69. The highest BCUT2D eigenvalue weighted by Gasteiger charge is 2.28. The number of benzene rings is 2. The number of hydrogen-bond donors (Lipinski definition) is 2. The van der Waals surface area contributed by atoms with Crippen LogP contribution in [0.5, 0.6) is 5.75 Å². The zero-order chi connectivity index (χ0) is 17.4. The minimum absolute atomic E-state index is 0.138. The lowest BCUT2D eigenvalue weighted by atomic mass is 10.2. The number of nitrogens with one attached hydrogen (secondary N) is 2. The number of alkyl halides is 3. The van der Waals surface area contributed by atoms with Crippen LogP contribution in [0, 0.1) is 0 Å². The molecule has 0 aliphatic heterocycles. The first kappa shape index (κ1) is 17.7. The Morgan fingerprint density at radius 2 is 1.75 bits per heavy atom. The van der Waals surface area contributed by atoms with Crippen LogP contribution in [0.2, 0.25) is 0 Å². The Balaban J connectivity index is 1.80. The van der Waals surface area contributed by atoms with Crippen LogP contribution in [0.3, 0.4) is 0 Å². The Morgan fingerprint density at radius 3 is 2.38 bits per heavy atom. The second kappa shape index (κ2) is 8.30. The smallest absolute Gasteiger partial charge is 0.422 e. The molecule has 8 heteroatoms. The van der Waals surface area contributed by atoms with Crippen LogP contribution < -0.4 is 15.5 Å². The maximum absolute atomic E-state index is 12.0. The fraction of sp³-hybridized carbons (Fsp3) is 0.125. The summed E-state index contributed by atoms with van der Waals surface area (Å²) in [6.45, 7) is -1.32. The van der Waals surface area contributed by atoms with Crippen LogP contribution >= 0.6 is 12.2 Å². The molecule has 2 aromatic carbocycles. The maximum Gasteiger partial charge on any atom is 0.422 e. The van der Waals surface area contributed by atoms with E-state index in [0.29, 0.717) is 10.7 Å². The molecule has 0 saturated heterocycles. The lowest BCUT2D eigenvalue weighted by Crippen LogP contribution is -2.23. The van der Waals surface area contributed by atoms with Gasteiger partial charge in [-0.1, -0.05) is 18.2 Å². The van der Waals surface area contributed by atoms with Crippen LogP contribution in [0.25, 0.3) is 0 Å². The standard InChI is InChI=1S/C16H14F3N3OS/c17-16(18,19)11-23-14-8-6-12(7-9-14)10-20-22-15(24)21-13-4-2-1-3-5-13/h1-10H,11H2,(H2,21,22,24)/b20-10+. The van der Waals surface area contributed by atoms with E-state index in [1.54, 1.807) is 12.1 Å². The van der Waals surface area contributed by atoms with Crippen molar-refractivity contribution in [2.24, 2.45) is 5.10 Å². The zero-order valence-corrected chi connectivity index (χ0v) is 13.2. The van der Waals surface area contributed by atoms with E-state index in [-0.39, 0.29) is 5.75 Å². The third kappa shape index (κ3) is 6.66. The van der Waals surface area contributed by atoms with Gasteiger partial charge in [-0.2, -0.15) is 18.3 Å². The van der Waals surface area contributed by atoms with E-state index in [0.717, 1.165) is 5.69 Å². The van der Waals surface area contributed by atoms with Gasteiger partial charge in [-0.25, -0.2) is 0 Å². The van der Waals surface area contributed by atoms with Crippen molar-refractivity contribution in [2.45, 2.75) is 6.18 Å². The van der Waals surface area contributed by atoms with Crippen molar-refractivity contribution in [3.05, 3.63) is 60.2 Å². The third-order valence-corrected chi connectivity index (χ3v) is 2.89. The van der Waals surface area contributed by atoms with Crippen LogP contribution in [-0.4, -0.2) is 24.1 Å². The predicted octanol–water partition coefficient (Wildman–Crippen LogP) is 3.95. The maximum atomic E-state index is 12.0. The second-order valence-electron chi connectivity index (χ2n) is 4.66. The molecule has 2 aromatic rings. The van der Waals surface area contributed by atoms with Gasteiger partial charge in [-0.3, -0.25) is 5.43 Å². The molecule has 0 heterocycles. The molecule has 0 saturated carbocycles. The summed E-state index contributed by atoms with van der Waals surface area (Å²) < 4.78 is 40.8. The molecule has 0 amide bonds. The zero-order valence-electron chi connectivity index (χ0n) is 12.4. The molecule has 0 aliphatic carbocycles. The Bertz CT molecular complexity index is 688. The number of thiocarbonyl (C=S) groups is 1. The molecule has 126 valence electrons. The Morgan fingerprint density at radius 1 is 1.08 bits per heavy atom.